The van der Waals surface area contributed by atoms with Gasteiger partial charge in [0, 0.05) is 6.08 Å². The van der Waals surface area contributed by atoms with Gasteiger partial charge in [0.1, 0.15) is 25.0 Å². The van der Waals surface area contributed by atoms with Gasteiger partial charge in [0.15, 0.2) is 11.3 Å². The maximum Gasteiger partial charge on any atom is 0.399 e. The average molecular weight is 289 g/mol. The molecule has 0 amide bonds. The van der Waals surface area contributed by atoms with E-state index < -0.39 is 11.9 Å². The maximum absolute atomic E-state index is 11.9. The third-order valence-electron chi connectivity index (χ3n) is 2.27. The molecule has 1 N–H and O–H groups in total. The fraction of sp³-hybridized carbons (Fsp3) is 0.267. The predicted octanol–water partition coefficient (Wildman–Crippen LogP) is 1.43. The van der Waals surface area contributed by atoms with Crippen molar-refractivity contribution in [3.8, 4) is 0 Å². The Morgan fingerprint density at radius 3 is 2.95 bits per heavy atom. The summed E-state index contributed by atoms with van der Waals surface area (Å²) in [5.74, 6) is -1.07. The largest absolute Gasteiger partial charge is 0.462 e. The van der Waals surface area contributed by atoms with Gasteiger partial charge < -0.3 is 9.47 Å². The molecule has 0 aromatic heterocycles. The molecular formula is C15H17N2O4+. The number of nitrogens with zero attached hydrogens (tertiary/aromatic N) is 1. The Labute approximate surface area is 123 Å². The molecule has 1 rings (SSSR count). The van der Waals surface area contributed by atoms with Crippen molar-refractivity contribution in [3.63, 3.8) is 0 Å². The van der Waals surface area contributed by atoms with Gasteiger partial charge in [-0.25, -0.2) is 9.59 Å². The molecule has 1 aliphatic rings. The lowest BCUT2D eigenvalue weighted by molar-refractivity contribution is -0.137. The quantitative estimate of drug-likeness (QED) is 0.252. The summed E-state index contributed by atoms with van der Waals surface area (Å²) >= 11 is 0. The molecule has 110 valence electrons. The van der Waals surface area contributed by atoms with Crippen LogP contribution in [0.15, 0.2) is 46.8 Å². The molecule has 0 spiro atoms. The summed E-state index contributed by atoms with van der Waals surface area (Å²) in [4.78, 5) is 23.0. The van der Waals surface area contributed by atoms with Gasteiger partial charge in [0.05, 0.1) is 12.7 Å². The highest BCUT2D eigenvalue weighted by Crippen LogP contribution is 2.12. The van der Waals surface area contributed by atoms with Crippen LogP contribution in [0.3, 0.4) is 0 Å². The highest BCUT2D eigenvalue weighted by atomic mass is 16.5. The van der Waals surface area contributed by atoms with E-state index in [9.17, 15) is 9.59 Å². The van der Waals surface area contributed by atoms with Gasteiger partial charge >= 0.3 is 11.9 Å². The van der Waals surface area contributed by atoms with E-state index in [0.717, 1.165) is 6.21 Å². The fourth-order valence-corrected chi connectivity index (χ4v) is 1.33. The summed E-state index contributed by atoms with van der Waals surface area (Å²) in [6, 6.07) is 0. The van der Waals surface area contributed by atoms with E-state index in [1.165, 1.54) is 6.08 Å². The molecule has 6 nitrogen and oxygen atoms in total. The molecule has 0 atom stereocenters. The third kappa shape index (κ3) is 5.84. The summed E-state index contributed by atoms with van der Waals surface area (Å²) in [6.07, 6.45) is 12.0. The van der Waals surface area contributed by atoms with Crippen molar-refractivity contribution in [2.75, 3.05) is 13.2 Å². The Balaban J connectivity index is 2.70. The van der Waals surface area contributed by atoms with Crippen molar-refractivity contribution in [1.82, 2.24) is 5.43 Å². The Hall–Kier alpha value is -2.72. The van der Waals surface area contributed by atoms with Crippen molar-refractivity contribution in [2.45, 2.75) is 13.8 Å². The molecule has 0 saturated carbocycles. The summed E-state index contributed by atoms with van der Waals surface area (Å²) < 4.78 is 9.74. The van der Waals surface area contributed by atoms with E-state index in [2.05, 4.69) is 21.3 Å². The first-order chi connectivity index (χ1) is 10.2. The number of hydrazone groups is 1. The van der Waals surface area contributed by atoms with Crippen molar-refractivity contribution in [2.24, 2.45) is 5.10 Å². The minimum absolute atomic E-state index is 0.190. The zero-order chi connectivity index (χ0) is 15.5. The van der Waals surface area contributed by atoms with E-state index in [1.54, 1.807) is 31.2 Å². The van der Waals surface area contributed by atoms with E-state index in [1.807, 2.05) is 6.92 Å². The number of hydrogen-bond donors (Lipinski definition) is 1. The van der Waals surface area contributed by atoms with E-state index in [-0.39, 0.29) is 18.8 Å². The minimum atomic E-state index is -0.565. The van der Waals surface area contributed by atoms with Gasteiger partial charge in [-0.2, -0.15) is 5.10 Å². The van der Waals surface area contributed by atoms with Crippen LogP contribution >= 0.6 is 0 Å². The van der Waals surface area contributed by atoms with Gasteiger partial charge in [-0.3, -0.25) is 5.43 Å². The van der Waals surface area contributed by atoms with Crippen LogP contribution in [0.2, 0.25) is 0 Å². The molecule has 0 saturated heterocycles. The molecule has 0 unspecified atom stereocenters. The normalized spacial score (nSPS) is 13.6. The molecule has 0 radical (unpaired) electrons. The topological polar surface area (TPSA) is 77.0 Å². The molecule has 0 bridgehead atoms. The molecule has 0 aliphatic heterocycles. The van der Waals surface area contributed by atoms with Crippen molar-refractivity contribution in [3.05, 3.63) is 47.7 Å². The first-order valence-electron chi connectivity index (χ1n) is 6.43. The van der Waals surface area contributed by atoms with Crippen LogP contribution in [0, 0.1) is 6.08 Å². The summed E-state index contributed by atoms with van der Waals surface area (Å²) in [5.41, 5.74) is 3.30. The Morgan fingerprint density at radius 2 is 2.24 bits per heavy atom. The standard InChI is InChI=1S/C15H16N2O4/c1-3-5-10-21-15(19)12-8-6-7-9-13(12)17-16-11-14(18)20-4-2/h3,5,7-9,11H,4,10H2,1-2H3/p+1/b5-3+. The average Bonchev–Trinajstić information content (AvgIpc) is 2.48. The first kappa shape index (κ1) is 16.3. The lowest BCUT2D eigenvalue weighted by Crippen LogP contribution is -2.17. The number of carbonyl (C=O) groups excluding carboxylic acids is 2. The number of rotatable bonds is 7. The molecule has 0 aromatic rings. The van der Waals surface area contributed by atoms with Crippen LogP contribution in [-0.2, 0) is 19.1 Å². The summed E-state index contributed by atoms with van der Waals surface area (Å²) in [6.45, 7) is 4.00. The lowest BCUT2D eigenvalue weighted by Gasteiger charge is -2.03. The van der Waals surface area contributed by atoms with Crippen LogP contribution in [0.25, 0.3) is 0 Å². The predicted molar refractivity (Wildman–Crippen MR) is 78.0 cm³/mol. The molecule has 0 fully saturated rings. The number of esters is 2. The van der Waals surface area contributed by atoms with Crippen molar-refractivity contribution < 1.29 is 19.1 Å². The molecule has 0 aromatic carbocycles. The fourth-order valence-electron chi connectivity index (χ4n) is 1.33. The lowest BCUT2D eigenvalue weighted by atomic mass is 10.1. The Morgan fingerprint density at radius 1 is 1.43 bits per heavy atom. The van der Waals surface area contributed by atoms with Crippen LogP contribution in [-0.4, -0.2) is 31.4 Å². The number of carbonyl (C=O) groups is 2. The number of ether oxygens (including phenoxy) is 2. The highest BCUT2D eigenvalue weighted by Gasteiger charge is 2.23. The Bertz CT molecular complexity index is 528. The van der Waals surface area contributed by atoms with Gasteiger partial charge in [-0.05, 0) is 13.8 Å². The van der Waals surface area contributed by atoms with Gasteiger partial charge in [0.25, 0.3) is 0 Å². The number of hydrogen-bond acceptors (Lipinski definition) is 6. The number of nitrogens with one attached hydrogen (secondary N) is 1. The van der Waals surface area contributed by atoms with Crippen LogP contribution < -0.4 is 5.43 Å². The number of allylic oxidation sites excluding steroid dienone is 4. The minimum Gasteiger partial charge on any atom is -0.462 e. The van der Waals surface area contributed by atoms with Crippen LogP contribution in [0.1, 0.15) is 13.8 Å². The second-order valence-electron chi connectivity index (χ2n) is 3.76. The maximum atomic E-state index is 11.9. The Kier molecular flexibility index (Phi) is 7.18. The summed E-state index contributed by atoms with van der Waals surface area (Å²) in [7, 11) is 0. The van der Waals surface area contributed by atoms with Gasteiger partial charge in [-0.1, -0.05) is 12.2 Å². The third-order valence-corrected chi connectivity index (χ3v) is 2.27. The van der Waals surface area contributed by atoms with Gasteiger partial charge in [0.2, 0.25) is 0 Å². The zero-order valence-electron chi connectivity index (χ0n) is 12.0. The van der Waals surface area contributed by atoms with E-state index in [4.69, 9.17) is 4.74 Å². The SMILES string of the molecule is C/C=C/COC(=O)C1=C(NN=CC(=O)OCC)C=C[C+]=C1. The van der Waals surface area contributed by atoms with Gasteiger partial charge in [-0.15, -0.1) is 0 Å². The van der Waals surface area contributed by atoms with Crippen molar-refractivity contribution >= 4 is 18.2 Å². The van der Waals surface area contributed by atoms with Crippen LogP contribution in [0.4, 0.5) is 0 Å². The second-order valence-corrected chi connectivity index (χ2v) is 3.76. The highest BCUT2D eigenvalue weighted by molar-refractivity contribution is 6.23. The molecule has 0 heterocycles. The molecular weight excluding hydrogens is 272 g/mol. The zero-order valence-corrected chi connectivity index (χ0v) is 12.0. The summed E-state index contributed by atoms with van der Waals surface area (Å²) in [5, 5.41) is 3.71. The first-order valence-corrected chi connectivity index (χ1v) is 6.43. The molecule has 21 heavy (non-hydrogen) atoms. The van der Waals surface area contributed by atoms with Crippen molar-refractivity contribution in [1.29, 1.82) is 0 Å². The molecule has 1 aliphatic carbocycles. The van der Waals surface area contributed by atoms with E-state index in [0.29, 0.717) is 5.70 Å². The second kappa shape index (κ2) is 9.23. The van der Waals surface area contributed by atoms with Crippen LogP contribution in [0.5, 0.6) is 0 Å². The monoisotopic (exact) mass is 289 g/mol. The molecule has 6 heteroatoms. The van der Waals surface area contributed by atoms with E-state index >= 15 is 0 Å². The smallest absolute Gasteiger partial charge is 0.399 e.